The summed E-state index contributed by atoms with van der Waals surface area (Å²) in [6, 6.07) is 7.62. The molecule has 0 fully saturated rings. The highest BCUT2D eigenvalue weighted by Gasteiger charge is 2.28. The van der Waals surface area contributed by atoms with Crippen molar-refractivity contribution in [1.29, 1.82) is 0 Å². The molecule has 5 heteroatoms. The number of nitrogens with one attached hydrogen (secondary N) is 1. The van der Waals surface area contributed by atoms with E-state index in [4.69, 9.17) is 4.74 Å². The van der Waals surface area contributed by atoms with Gasteiger partial charge in [-0.1, -0.05) is 13.0 Å². The molecule has 0 spiro atoms. The Kier molecular flexibility index (Phi) is 6.08. The number of anilines is 1. The molecule has 1 aromatic carbocycles. The summed E-state index contributed by atoms with van der Waals surface area (Å²) in [5.41, 5.74) is 0.875. The normalized spacial score (nSPS) is 13.8. The summed E-state index contributed by atoms with van der Waals surface area (Å²) in [6.07, 6.45) is 1.11. The quantitative estimate of drug-likeness (QED) is 0.837. The van der Waals surface area contributed by atoms with Gasteiger partial charge >= 0.3 is 0 Å². The van der Waals surface area contributed by atoms with Crippen LogP contribution < -0.4 is 10.1 Å². The maximum Gasteiger partial charge on any atom is 0.156 e. The molecule has 1 rings (SSSR count). The summed E-state index contributed by atoms with van der Waals surface area (Å²) >= 11 is 0. The third kappa shape index (κ3) is 5.58. The van der Waals surface area contributed by atoms with E-state index in [-0.39, 0.29) is 11.9 Å². The molecule has 0 saturated heterocycles. The molecule has 1 unspecified atom stereocenters. The summed E-state index contributed by atoms with van der Waals surface area (Å²) in [5.74, 6) is 0.917. The Labute approximate surface area is 128 Å². The molecule has 1 N–H and O–H groups in total. The Bertz CT molecular complexity index is 547. The Morgan fingerprint density at radius 2 is 1.95 bits per heavy atom. The van der Waals surface area contributed by atoms with E-state index in [1.165, 1.54) is 0 Å². The SMILES string of the molecule is CCC(C)Oc1cccc(NCCS(=O)(=O)C(C)(C)C)c1. The summed E-state index contributed by atoms with van der Waals surface area (Å²) in [7, 11) is -3.09. The smallest absolute Gasteiger partial charge is 0.156 e. The van der Waals surface area contributed by atoms with Gasteiger partial charge in [-0.3, -0.25) is 0 Å². The zero-order valence-corrected chi connectivity index (χ0v) is 14.5. The van der Waals surface area contributed by atoms with Crippen molar-refractivity contribution < 1.29 is 13.2 Å². The van der Waals surface area contributed by atoms with Gasteiger partial charge in [0.1, 0.15) is 5.75 Å². The predicted molar refractivity (Wildman–Crippen MR) is 88.9 cm³/mol. The average molecular weight is 313 g/mol. The highest BCUT2D eigenvalue weighted by atomic mass is 32.2. The Morgan fingerprint density at radius 3 is 2.52 bits per heavy atom. The lowest BCUT2D eigenvalue weighted by Crippen LogP contribution is -2.32. The minimum Gasteiger partial charge on any atom is -0.491 e. The van der Waals surface area contributed by atoms with E-state index in [1.54, 1.807) is 20.8 Å². The standard InChI is InChI=1S/C16H27NO3S/c1-6-13(2)20-15-9-7-8-14(12-15)17-10-11-21(18,19)16(3,4)5/h7-9,12-13,17H,6,10-11H2,1-5H3. The molecule has 0 saturated carbocycles. The molecule has 0 amide bonds. The molecule has 0 bridgehead atoms. The lowest BCUT2D eigenvalue weighted by atomic mass is 10.2. The molecule has 1 aromatic rings. The van der Waals surface area contributed by atoms with Gasteiger partial charge in [0, 0.05) is 18.3 Å². The van der Waals surface area contributed by atoms with Crippen molar-refractivity contribution >= 4 is 15.5 Å². The van der Waals surface area contributed by atoms with Gasteiger partial charge in [0.15, 0.2) is 9.84 Å². The second kappa shape index (κ2) is 7.16. The molecule has 0 heterocycles. The predicted octanol–water partition coefficient (Wildman–Crippen LogP) is 3.49. The molecule has 1 atom stereocenters. The first-order valence-electron chi connectivity index (χ1n) is 7.38. The first-order valence-corrected chi connectivity index (χ1v) is 9.04. The molecule has 0 aliphatic heterocycles. The van der Waals surface area contributed by atoms with Gasteiger partial charge in [0.05, 0.1) is 16.6 Å². The van der Waals surface area contributed by atoms with E-state index in [0.717, 1.165) is 17.9 Å². The van der Waals surface area contributed by atoms with Crippen LogP contribution in [-0.2, 0) is 9.84 Å². The summed E-state index contributed by atoms with van der Waals surface area (Å²) in [6.45, 7) is 9.67. The average Bonchev–Trinajstić information content (AvgIpc) is 2.37. The second-order valence-electron chi connectivity index (χ2n) is 6.22. The van der Waals surface area contributed by atoms with Crippen LogP contribution in [0.2, 0.25) is 0 Å². The number of sulfone groups is 1. The van der Waals surface area contributed by atoms with E-state index in [0.29, 0.717) is 6.54 Å². The van der Waals surface area contributed by atoms with Crippen LogP contribution in [0, 0.1) is 0 Å². The van der Waals surface area contributed by atoms with Gasteiger partial charge in [0.2, 0.25) is 0 Å². The monoisotopic (exact) mass is 313 g/mol. The molecule has 4 nitrogen and oxygen atoms in total. The second-order valence-corrected chi connectivity index (χ2v) is 9.09. The fourth-order valence-electron chi connectivity index (χ4n) is 1.63. The highest BCUT2D eigenvalue weighted by Crippen LogP contribution is 2.20. The maximum absolute atomic E-state index is 12.0. The number of hydrogen-bond donors (Lipinski definition) is 1. The Morgan fingerprint density at radius 1 is 1.29 bits per heavy atom. The maximum atomic E-state index is 12.0. The van der Waals surface area contributed by atoms with Gasteiger partial charge in [-0.2, -0.15) is 0 Å². The third-order valence-corrected chi connectivity index (χ3v) is 5.99. The van der Waals surface area contributed by atoms with Crippen LogP contribution in [0.1, 0.15) is 41.0 Å². The number of rotatable bonds is 7. The van der Waals surface area contributed by atoms with Crippen LogP contribution in [0.25, 0.3) is 0 Å². The van der Waals surface area contributed by atoms with E-state index >= 15 is 0 Å². The highest BCUT2D eigenvalue weighted by molar-refractivity contribution is 7.92. The zero-order valence-electron chi connectivity index (χ0n) is 13.6. The van der Waals surface area contributed by atoms with Gasteiger partial charge in [-0.15, -0.1) is 0 Å². The van der Waals surface area contributed by atoms with Crippen LogP contribution in [0.15, 0.2) is 24.3 Å². The number of hydrogen-bond acceptors (Lipinski definition) is 4. The molecular formula is C16H27NO3S. The van der Waals surface area contributed by atoms with Crippen LogP contribution in [0.4, 0.5) is 5.69 Å². The first kappa shape index (κ1) is 17.8. The number of ether oxygens (including phenoxy) is 1. The van der Waals surface area contributed by atoms with Gasteiger partial charge in [0.25, 0.3) is 0 Å². The lowest BCUT2D eigenvalue weighted by Gasteiger charge is -2.19. The van der Waals surface area contributed by atoms with Crippen molar-refractivity contribution in [3.63, 3.8) is 0 Å². The van der Waals surface area contributed by atoms with Crippen LogP contribution in [-0.4, -0.2) is 31.6 Å². The minimum atomic E-state index is -3.09. The van der Waals surface area contributed by atoms with Crippen molar-refractivity contribution in [3.05, 3.63) is 24.3 Å². The van der Waals surface area contributed by atoms with Gasteiger partial charge in [-0.05, 0) is 46.2 Å². The topological polar surface area (TPSA) is 55.4 Å². The van der Waals surface area contributed by atoms with Crippen molar-refractivity contribution in [2.45, 2.75) is 51.9 Å². The van der Waals surface area contributed by atoms with E-state index in [1.807, 2.05) is 31.2 Å². The van der Waals surface area contributed by atoms with E-state index < -0.39 is 14.6 Å². The minimum absolute atomic E-state index is 0.118. The molecule has 0 aliphatic rings. The van der Waals surface area contributed by atoms with E-state index in [9.17, 15) is 8.42 Å². The molecule has 0 aromatic heterocycles. The van der Waals surface area contributed by atoms with Crippen molar-refractivity contribution in [3.8, 4) is 5.75 Å². The Hall–Kier alpha value is -1.23. The lowest BCUT2D eigenvalue weighted by molar-refractivity contribution is 0.217. The molecule has 21 heavy (non-hydrogen) atoms. The van der Waals surface area contributed by atoms with Crippen molar-refractivity contribution in [2.75, 3.05) is 17.6 Å². The van der Waals surface area contributed by atoms with Crippen LogP contribution in [0.5, 0.6) is 5.75 Å². The van der Waals surface area contributed by atoms with Gasteiger partial charge < -0.3 is 10.1 Å². The molecule has 0 aliphatic carbocycles. The number of benzene rings is 1. The Balaban J connectivity index is 2.59. The summed E-state index contributed by atoms with van der Waals surface area (Å²) in [5, 5.41) is 3.15. The summed E-state index contributed by atoms with van der Waals surface area (Å²) < 4.78 is 29.1. The van der Waals surface area contributed by atoms with E-state index in [2.05, 4.69) is 12.2 Å². The fourth-order valence-corrected chi connectivity index (χ4v) is 2.61. The van der Waals surface area contributed by atoms with Crippen LogP contribution in [0.3, 0.4) is 0 Å². The molecule has 120 valence electrons. The van der Waals surface area contributed by atoms with Gasteiger partial charge in [-0.25, -0.2) is 8.42 Å². The van der Waals surface area contributed by atoms with Crippen LogP contribution >= 0.6 is 0 Å². The largest absolute Gasteiger partial charge is 0.491 e. The first-order chi connectivity index (χ1) is 9.65. The fraction of sp³-hybridized carbons (Fsp3) is 0.625. The summed E-state index contributed by atoms with van der Waals surface area (Å²) in [4.78, 5) is 0. The molecule has 0 radical (unpaired) electrons. The zero-order chi connectivity index (χ0) is 16.1. The van der Waals surface area contributed by atoms with Crippen molar-refractivity contribution in [1.82, 2.24) is 0 Å². The molecular weight excluding hydrogens is 286 g/mol. The van der Waals surface area contributed by atoms with Crippen molar-refractivity contribution in [2.24, 2.45) is 0 Å². The third-order valence-electron chi connectivity index (χ3n) is 3.38.